The number of hydrogen-bond donors (Lipinski definition) is 3. The zero-order valence-corrected chi connectivity index (χ0v) is 10.1. The van der Waals surface area contributed by atoms with Crippen LogP contribution in [0.1, 0.15) is 26.2 Å². The molecule has 2 rings (SSSR count). The largest absolute Gasteiger partial charge is 0.355 e. The Hall–Kier alpha value is -0.610. The summed E-state index contributed by atoms with van der Waals surface area (Å²) in [6, 6.07) is 0.0238. The molecular weight excluding hydrogens is 202 g/mol. The Bertz CT molecular complexity index is 238. The van der Waals surface area contributed by atoms with Crippen LogP contribution in [0.15, 0.2) is 0 Å². The summed E-state index contributed by atoms with van der Waals surface area (Å²) >= 11 is 0. The maximum absolute atomic E-state index is 11.7. The molecule has 3 atom stereocenters. The van der Waals surface area contributed by atoms with Crippen molar-refractivity contribution >= 4 is 5.91 Å². The molecule has 3 unspecified atom stereocenters. The van der Waals surface area contributed by atoms with Gasteiger partial charge in [0.1, 0.15) is 0 Å². The van der Waals surface area contributed by atoms with Gasteiger partial charge in [0.05, 0.1) is 6.04 Å². The van der Waals surface area contributed by atoms with Gasteiger partial charge in [-0.1, -0.05) is 6.92 Å². The van der Waals surface area contributed by atoms with E-state index < -0.39 is 0 Å². The van der Waals surface area contributed by atoms with E-state index in [0.717, 1.165) is 32.6 Å². The average molecular weight is 225 g/mol. The normalized spacial score (nSPS) is 35.8. The highest BCUT2D eigenvalue weighted by Gasteiger charge is 2.28. The number of nitrogens with one attached hydrogen (secondary N) is 3. The SMILES string of the molecule is CC1CCNC(=O)C1NCC1CCCNC1. The molecule has 0 aromatic heterocycles. The molecule has 4 heteroatoms. The maximum Gasteiger partial charge on any atom is 0.237 e. The van der Waals surface area contributed by atoms with Gasteiger partial charge in [0.2, 0.25) is 5.91 Å². The Morgan fingerprint density at radius 3 is 2.94 bits per heavy atom. The fourth-order valence-electron chi connectivity index (χ4n) is 2.64. The lowest BCUT2D eigenvalue weighted by Crippen LogP contribution is -2.54. The van der Waals surface area contributed by atoms with Crippen LogP contribution < -0.4 is 16.0 Å². The Morgan fingerprint density at radius 1 is 1.38 bits per heavy atom. The Balaban J connectivity index is 1.76. The van der Waals surface area contributed by atoms with Crippen molar-refractivity contribution in [2.24, 2.45) is 11.8 Å². The Labute approximate surface area is 97.6 Å². The molecule has 3 N–H and O–H groups in total. The number of amides is 1. The molecule has 16 heavy (non-hydrogen) atoms. The van der Waals surface area contributed by atoms with E-state index in [4.69, 9.17) is 0 Å². The highest BCUT2D eigenvalue weighted by atomic mass is 16.2. The molecule has 2 saturated heterocycles. The van der Waals surface area contributed by atoms with Crippen molar-refractivity contribution in [2.45, 2.75) is 32.2 Å². The molecule has 0 aromatic rings. The molecule has 0 radical (unpaired) electrons. The van der Waals surface area contributed by atoms with E-state index in [1.165, 1.54) is 12.8 Å². The van der Waals surface area contributed by atoms with Crippen LogP contribution in [0.5, 0.6) is 0 Å². The molecule has 92 valence electrons. The van der Waals surface area contributed by atoms with Crippen LogP contribution in [-0.2, 0) is 4.79 Å². The molecule has 1 amide bonds. The Morgan fingerprint density at radius 2 is 2.25 bits per heavy atom. The van der Waals surface area contributed by atoms with E-state index in [9.17, 15) is 4.79 Å². The number of piperidine rings is 2. The molecule has 2 aliphatic heterocycles. The zero-order valence-electron chi connectivity index (χ0n) is 10.1. The number of carbonyl (C=O) groups is 1. The second-order valence-corrected chi connectivity index (χ2v) is 5.16. The van der Waals surface area contributed by atoms with Crippen LogP contribution in [0, 0.1) is 11.8 Å². The number of rotatable bonds is 3. The Kier molecular flexibility index (Phi) is 4.18. The summed E-state index contributed by atoms with van der Waals surface area (Å²) < 4.78 is 0. The van der Waals surface area contributed by atoms with Crippen molar-refractivity contribution in [1.29, 1.82) is 0 Å². The van der Waals surface area contributed by atoms with Gasteiger partial charge in [-0.3, -0.25) is 4.79 Å². The molecule has 2 fully saturated rings. The van der Waals surface area contributed by atoms with Crippen molar-refractivity contribution in [3.05, 3.63) is 0 Å². The second-order valence-electron chi connectivity index (χ2n) is 5.16. The molecule has 0 aliphatic carbocycles. The maximum atomic E-state index is 11.7. The van der Waals surface area contributed by atoms with Gasteiger partial charge in [-0.2, -0.15) is 0 Å². The van der Waals surface area contributed by atoms with E-state index in [1.54, 1.807) is 0 Å². The lowest BCUT2D eigenvalue weighted by Gasteiger charge is -2.31. The highest BCUT2D eigenvalue weighted by molar-refractivity contribution is 5.82. The third-order valence-corrected chi connectivity index (χ3v) is 3.78. The lowest BCUT2D eigenvalue weighted by atomic mass is 9.92. The van der Waals surface area contributed by atoms with Crippen LogP contribution in [0.25, 0.3) is 0 Å². The van der Waals surface area contributed by atoms with Gasteiger partial charge in [-0.15, -0.1) is 0 Å². The van der Waals surface area contributed by atoms with Crippen LogP contribution in [0.2, 0.25) is 0 Å². The van der Waals surface area contributed by atoms with Crippen molar-refractivity contribution in [2.75, 3.05) is 26.2 Å². The molecule has 0 aromatic carbocycles. The van der Waals surface area contributed by atoms with E-state index in [1.807, 2.05) is 0 Å². The summed E-state index contributed by atoms with van der Waals surface area (Å²) in [6.07, 6.45) is 3.63. The highest BCUT2D eigenvalue weighted by Crippen LogP contribution is 2.14. The first-order chi connectivity index (χ1) is 7.77. The van der Waals surface area contributed by atoms with Crippen molar-refractivity contribution in [1.82, 2.24) is 16.0 Å². The molecular formula is C12H23N3O. The molecule has 0 saturated carbocycles. The fraction of sp³-hybridized carbons (Fsp3) is 0.917. The van der Waals surface area contributed by atoms with Gasteiger partial charge < -0.3 is 16.0 Å². The minimum absolute atomic E-state index is 0.0238. The third-order valence-electron chi connectivity index (χ3n) is 3.78. The van der Waals surface area contributed by atoms with Crippen LogP contribution in [0.3, 0.4) is 0 Å². The van der Waals surface area contributed by atoms with Gasteiger partial charge in [0.25, 0.3) is 0 Å². The number of hydrogen-bond acceptors (Lipinski definition) is 3. The zero-order chi connectivity index (χ0) is 11.4. The predicted octanol–water partition coefficient (Wildman–Crippen LogP) is 0.100. The van der Waals surface area contributed by atoms with Gasteiger partial charge in [-0.25, -0.2) is 0 Å². The molecule has 0 spiro atoms. The molecule has 2 heterocycles. The van der Waals surface area contributed by atoms with Gasteiger partial charge in [0, 0.05) is 6.54 Å². The van der Waals surface area contributed by atoms with Crippen molar-refractivity contribution in [3.63, 3.8) is 0 Å². The summed E-state index contributed by atoms with van der Waals surface area (Å²) in [5.41, 5.74) is 0. The second kappa shape index (κ2) is 5.64. The summed E-state index contributed by atoms with van der Waals surface area (Å²) in [7, 11) is 0. The van der Waals surface area contributed by atoms with E-state index in [2.05, 4.69) is 22.9 Å². The third kappa shape index (κ3) is 2.95. The number of carbonyl (C=O) groups excluding carboxylic acids is 1. The van der Waals surface area contributed by atoms with Crippen LogP contribution >= 0.6 is 0 Å². The molecule has 2 aliphatic rings. The predicted molar refractivity (Wildman–Crippen MR) is 64.2 cm³/mol. The summed E-state index contributed by atoms with van der Waals surface area (Å²) in [4.78, 5) is 11.7. The minimum atomic E-state index is 0.0238. The minimum Gasteiger partial charge on any atom is -0.355 e. The average Bonchev–Trinajstić information content (AvgIpc) is 2.30. The first-order valence-corrected chi connectivity index (χ1v) is 6.49. The lowest BCUT2D eigenvalue weighted by molar-refractivity contribution is -0.126. The van der Waals surface area contributed by atoms with E-state index in [0.29, 0.717) is 11.8 Å². The van der Waals surface area contributed by atoms with Gasteiger partial charge in [-0.05, 0) is 50.7 Å². The summed E-state index contributed by atoms with van der Waals surface area (Å²) in [6.45, 7) is 6.21. The van der Waals surface area contributed by atoms with Gasteiger partial charge in [0.15, 0.2) is 0 Å². The smallest absolute Gasteiger partial charge is 0.237 e. The standard InChI is InChI=1S/C12H23N3O/c1-9-4-6-14-12(16)11(9)15-8-10-3-2-5-13-7-10/h9-11,13,15H,2-8H2,1H3,(H,14,16). The first-order valence-electron chi connectivity index (χ1n) is 6.49. The fourth-order valence-corrected chi connectivity index (χ4v) is 2.64. The first kappa shape index (κ1) is 11.9. The summed E-state index contributed by atoms with van der Waals surface area (Å²) in [5, 5.41) is 9.78. The van der Waals surface area contributed by atoms with Crippen LogP contribution in [0.4, 0.5) is 0 Å². The van der Waals surface area contributed by atoms with Crippen LogP contribution in [-0.4, -0.2) is 38.1 Å². The van der Waals surface area contributed by atoms with E-state index >= 15 is 0 Å². The van der Waals surface area contributed by atoms with Gasteiger partial charge >= 0.3 is 0 Å². The van der Waals surface area contributed by atoms with Crippen molar-refractivity contribution in [3.8, 4) is 0 Å². The molecule has 0 bridgehead atoms. The topological polar surface area (TPSA) is 53.2 Å². The van der Waals surface area contributed by atoms with Crippen molar-refractivity contribution < 1.29 is 4.79 Å². The molecule has 4 nitrogen and oxygen atoms in total. The monoisotopic (exact) mass is 225 g/mol. The summed E-state index contributed by atoms with van der Waals surface area (Å²) in [5.74, 6) is 1.34. The van der Waals surface area contributed by atoms with E-state index in [-0.39, 0.29) is 11.9 Å². The quantitative estimate of drug-likeness (QED) is 0.638.